The van der Waals surface area contributed by atoms with Crippen molar-refractivity contribution >= 4 is 28.1 Å². The van der Waals surface area contributed by atoms with Crippen LogP contribution in [0.15, 0.2) is 59.3 Å². The van der Waals surface area contributed by atoms with Gasteiger partial charge in [-0.05, 0) is 54.4 Å². The summed E-state index contributed by atoms with van der Waals surface area (Å²) >= 11 is 1.63. The van der Waals surface area contributed by atoms with Crippen molar-refractivity contribution < 1.29 is 5.11 Å². The van der Waals surface area contributed by atoms with Gasteiger partial charge in [0.1, 0.15) is 17.1 Å². The number of aromatic hydroxyl groups is 1. The van der Waals surface area contributed by atoms with E-state index in [1.807, 2.05) is 61.7 Å². The average Bonchev–Trinajstić information content (AvgIpc) is 3.15. The molecule has 0 bridgehead atoms. The van der Waals surface area contributed by atoms with Gasteiger partial charge in [0, 0.05) is 22.3 Å². The van der Waals surface area contributed by atoms with Crippen LogP contribution in [0.4, 0.5) is 5.82 Å². The highest BCUT2D eigenvalue weighted by Gasteiger charge is 2.21. The van der Waals surface area contributed by atoms with Crippen LogP contribution >= 0.6 is 11.3 Å². The molecule has 0 aliphatic heterocycles. The van der Waals surface area contributed by atoms with Gasteiger partial charge in [0.15, 0.2) is 0 Å². The fraction of sp³-hybridized carbons (Fsp3) is 0.143. The molecule has 1 aromatic carbocycles. The molecule has 0 saturated carbocycles. The standard InChI is InChI=1S/C21H19N3OS/c1-13-4-3-5-18(22-13)24-19(16-10-11-26-12-16)17-9-8-15-7-6-14(2)23-20(15)21(17)25/h3-12,19,25H,1-2H3,(H,22,24)/t19-/m0/s1. The molecule has 3 heterocycles. The van der Waals surface area contributed by atoms with Crippen LogP contribution < -0.4 is 5.32 Å². The molecule has 0 spiro atoms. The number of benzene rings is 1. The second kappa shape index (κ2) is 6.77. The largest absolute Gasteiger partial charge is 0.505 e. The number of nitrogens with one attached hydrogen (secondary N) is 1. The predicted octanol–water partition coefficient (Wildman–Crippen LogP) is 5.22. The molecule has 0 amide bonds. The summed E-state index contributed by atoms with van der Waals surface area (Å²) in [6.45, 7) is 3.89. The molecule has 3 aromatic heterocycles. The SMILES string of the molecule is Cc1cccc(N[C@@H](c2ccsc2)c2ccc3ccc(C)nc3c2O)n1. The number of phenols is 1. The molecule has 26 heavy (non-hydrogen) atoms. The van der Waals surface area contributed by atoms with Crippen molar-refractivity contribution in [2.24, 2.45) is 0 Å². The third-order valence-electron chi connectivity index (χ3n) is 4.37. The lowest BCUT2D eigenvalue weighted by molar-refractivity contribution is 0.471. The normalized spacial score (nSPS) is 12.2. The first-order valence-corrected chi connectivity index (χ1v) is 9.37. The van der Waals surface area contributed by atoms with Crippen molar-refractivity contribution in [2.45, 2.75) is 19.9 Å². The minimum absolute atomic E-state index is 0.206. The summed E-state index contributed by atoms with van der Waals surface area (Å²) in [5.41, 5.74) is 4.32. The molecule has 0 fully saturated rings. The number of nitrogens with zero attached hydrogens (tertiary/aromatic N) is 2. The third kappa shape index (κ3) is 3.13. The first-order valence-electron chi connectivity index (χ1n) is 8.43. The van der Waals surface area contributed by atoms with Crippen molar-refractivity contribution in [3.63, 3.8) is 0 Å². The number of thiophene rings is 1. The van der Waals surface area contributed by atoms with Crippen LogP contribution in [0.1, 0.15) is 28.6 Å². The molecule has 0 radical (unpaired) electrons. The molecule has 4 nitrogen and oxygen atoms in total. The van der Waals surface area contributed by atoms with Gasteiger partial charge in [0.05, 0.1) is 6.04 Å². The molecule has 2 N–H and O–H groups in total. The Hall–Kier alpha value is -2.92. The van der Waals surface area contributed by atoms with Gasteiger partial charge in [-0.1, -0.05) is 24.3 Å². The average molecular weight is 361 g/mol. The number of anilines is 1. The zero-order valence-electron chi connectivity index (χ0n) is 14.6. The zero-order chi connectivity index (χ0) is 18.1. The molecular formula is C21H19N3OS. The van der Waals surface area contributed by atoms with Crippen molar-refractivity contribution in [2.75, 3.05) is 5.32 Å². The lowest BCUT2D eigenvalue weighted by Gasteiger charge is -2.21. The fourth-order valence-corrected chi connectivity index (χ4v) is 3.76. The number of hydrogen-bond donors (Lipinski definition) is 2. The van der Waals surface area contributed by atoms with E-state index in [0.717, 1.165) is 33.7 Å². The Bertz CT molecular complexity index is 1060. The minimum atomic E-state index is -0.206. The lowest BCUT2D eigenvalue weighted by Crippen LogP contribution is -2.13. The maximum Gasteiger partial charge on any atom is 0.147 e. The van der Waals surface area contributed by atoms with Gasteiger partial charge >= 0.3 is 0 Å². The summed E-state index contributed by atoms with van der Waals surface area (Å²) in [7, 11) is 0. The number of phenolic OH excluding ortho intramolecular Hbond substituents is 1. The topological polar surface area (TPSA) is 58.0 Å². The molecule has 130 valence electrons. The summed E-state index contributed by atoms with van der Waals surface area (Å²) < 4.78 is 0. The fourth-order valence-electron chi connectivity index (χ4n) is 3.07. The highest BCUT2D eigenvalue weighted by molar-refractivity contribution is 7.08. The number of rotatable bonds is 4. The van der Waals surface area contributed by atoms with Crippen LogP contribution in [0.5, 0.6) is 5.75 Å². The Kier molecular flexibility index (Phi) is 4.31. The molecule has 0 aliphatic carbocycles. The number of hydrogen-bond acceptors (Lipinski definition) is 5. The molecule has 4 rings (SSSR count). The first-order chi connectivity index (χ1) is 12.6. The van der Waals surface area contributed by atoms with E-state index in [4.69, 9.17) is 0 Å². The maximum atomic E-state index is 11.0. The highest BCUT2D eigenvalue weighted by Crippen LogP contribution is 2.37. The quantitative estimate of drug-likeness (QED) is 0.523. The van der Waals surface area contributed by atoms with Crippen LogP contribution in [0.2, 0.25) is 0 Å². The maximum absolute atomic E-state index is 11.0. The minimum Gasteiger partial charge on any atom is -0.505 e. The highest BCUT2D eigenvalue weighted by atomic mass is 32.1. The summed E-state index contributed by atoms with van der Waals surface area (Å²) in [5, 5.41) is 19.5. The van der Waals surface area contributed by atoms with E-state index in [2.05, 4.69) is 26.7 Å². The van der Waals surface area contributed by atoms with E-state index < -0.39 is 0 Å². The van der Waals surface area contributed by atoms with Gasteiger partial charge in [-0.25, -0.2) is 9.97 Å². The van der Waals surface area contributed by atoms with E-state index in [1.165, 1.54) is 0 Å². The molecule has 4 aromatic rings. The van der Waals surface area contributed by atoms with E-state index in [0.29, 0.717) is 5.52 Å². The van der Waals surface area contributed by atoms with Gasteiger partial charge in [-0.15, -0.1) is 0 Å². The molecule has 0 saturated heterocycles. The Morgan fingerprint density at radius 3 is 2.54 bits per heavy atom. The van der Waals surface area contributed by atoms with E-state index in [1.54, 1.807) is 11.3 Å². The Labute approximate surface area is 156 Å². The van der Waals surface area contributed by atoms with Gasteiger partial charge in [-0.2, -0.15) is 11.3 Å². The molecule has 0 unspecified atom stereocenters. The van der Waals surface area contributed by atoms with Crippen molar-refractivity contribution in [1.29, 1.82) is 0 Å². The second-order valence-electron chi connectivity index (χ2n) is 6.33. The Morgan fingerprint density at radius 1 is 0.962 bits per heavy atom. The van der Waals surface area contributed by atoms with Crippen LogP contribution in [-0.2, 0) is 0 Å². The van der Waals surface area contributed by atoms with Gasteiger partial charge in [0.25, 0.3) is 0 Å². The van der Waals surface area contributed by atoms with E-state index >= 15 is 0 Å². The molecule has 1 atom stereocenters. The van der Waals surface area contributed by atoms with Gasteiger partial charge in [-0.3, -0.25) is 0 Å². The molecule has 0 aliphatic rings. The van der Waals surface area contributed by atoms with Crippen LogP contribution in [0, 0.1) is 13.8 Å². The second-order valence-corrected chi connectivity index (χ2v) is 7.11. The number of pyridine rings is 2. The van der Waals surface area contributed by atoms with Gasteiger partial charge < -0.3 is 10.4 Å². The summed E-state index contributed by atoms with van der Waals surface area (Å²) in [6, 6.07) is 15.6. The Balaban J connectivity index is 1.84. The van der Waals surface area contributed by atoms with E-state index in [-0.39, 0.29) is 11.8 Å². The van der Waals surface area contributed by atoms with Crippen molar-refractivity contribution in [3.8, 4) is 5.75 Å². The summed E-state index contributed by atoms with van der Waals surface area (Å²) in [4.78, 5) is 9.08. The predicted molar refractivity (Wildman–Crippen MR) is 107 cm³/mol. The number of aryl methyl sites for hydroxylation is 2. The molecular weight excluding hydrogens is 342 g/mol. The number of fused-ring (bicyclic) bond motifs is 1. The van der Waals surface area contributed by atoms with E-state index in [9.17, 15) is 5.11 Å². The van der Waals surface area contributed by atoms with Crippen molar-refractivity contribution in [1.82, 2.24) is 9.97 Å². The van der Waals surface area contributed by atoms with Crippen LogP contribution in [0.3, 0.4) is 0 Å². The Morgan fingerprint density at radius 2 is 1.77 bits per heavy atom. The zero-order valence-corrected chi connectivity index (χ0v) is 15.4. The summed E-state index contributed by atoms with van der Waals surface area (Å²) in [5.74, 6) is 0.987. The summed E-state index contributed by atoms with van der Waals surface area (Å²) in [6.07, 6.45) is 0. The van der Waals surface area contributed by atoms with Crippen LogP contribution in [-0.4, -0.2) is 15.1 Å². The third-order valence-corrected chi connectivity index (χ3v) is 5.08. The smallest absolute Gasteiger partial charge is 0.147 e. The lowest BCUT2D eigenvalue weighted by atomic mass is 9.98. The van der Waals surface area contributed by atoms with Gasteiger partial charge in [0.2, 0.25) is 0 Å². The van der Waals surface area contributed by atoms with Crippen molar-refractivity contribution in [3.05, 3.63) is 81.8 Å². The monoisotopic (exact) mass is 361 g/mol. The first kappa shape index (κ1) is 16.5. The molecule has 5 heteroatoms. The number of aromatic nitrogens is 2. The van der Waals surface area contributed by atoms with Crippen LogP contribution in [0.25, 0.3) is 10.9 Å².